The molecule has 20 heavy (non-hydrogen) atoms. The Kier molecular flexibility index (Phi) is 5.99. The summed E-state index contributed by atoms with van der Waals surface area (Å²) in [6.45, 7) is 6.10. The number of likely N-dealkylation sites (N-methyl/N-ethyl adjacent to an activating group) is 2. The molecule has 1 saturated carbocycles. The molecule has 1 fully saturated rings. The Morgan fingerprint density at radius 3 is 2.20 bits per heavy atom. The van der Waals surface area contributed by atoms with Crippen LogP contribution in [0.1, 0.15) is 52.9 Å². The van der Waals surface area contributed by atoms with Crippen molar-refractivity contribution in [2.45, 2.75) is 64.5 Å². The first-order valence-electron chi connectivity index (χ1n) is 7.54. The molecular weight excluding hydrogens is 256 g/mol. The van der Waals surface area contributed by atoms with Gasteiger partial charge in [-0.2, -0.15) is 0 Å². The third-order valence-corrected chi connectivity index (χ3v) is 4.53. The fraction of sp³-hybridized carbons (Fsp3) is 0.867. The molecule has 0 aromatic rings. The van der Waals surface area contributed by atoms with Crippen molar-refractivity contribution in [2.24, 2.45) is 0 Å². The summed E-state index contributed by atoms with van der Waals surface area (Å²) in [5, 5.41) is 9.20. The molecule has 5 heteroatoms. The van der Waals surface area contributed by atoms with Gasteiger partial charge in [-0.15, -0.1) is 0 Å². The Hall–Kier alpha value is -1.10. The van der Waals surface area contributed by atoms with E-state index in [9.17, 15) is 14.7 Å². The van der Waals surface area contributed by atoms with Crippen molar-refractivity contribution in [3.63, 3.8) is 0 Å². The second-order valence-electron chi connectivity index (χ2n) is 6.19. The van der Waals surface area contributed by atoms with Crippen LogP contribution in [0.25, 0.3) is 0 Å². The lowest BCUT2D eigenvalue weighted by Gasteiger charge is -2.37. The molecule has 1 aliphatic rings. The number of carboxylic acid groups (broad SMARTS) is 1. The SMILES string of the molecule is CCN(C(=O)CN(C)C(C)(C)C(=O)O)C1CCCCC1. The molecule has 116 valence electrons. The van der Waals surface area contributed by atoms with Crippen molar-refractivity contribution >= 4 is 11.9 Å². The number of carbonyl (C=O) groups excluding carboxylic acids is 1. The number of rotatable bonds is 6. The molecule has 1 amide bonds. The van der Waals surface area contributed by atoms with E-state index in [0.717, 1.165) is 12.8 Å². The van der Waals surface area contributed by atoms with Gasteiger partial charge in [0.2, 0.25) is 5.91 Å². The molecule has 0 aromatic carbocycles. The van der Waals surface area contributed by atoms with Crippen molar-refractivity contribution in [1.82, 2.24) is 9.80 Å². The van der Waals surface area contributed by atoms with Crippen LogP contribution in [0.5, 0.6) is 0 Å². The fourth-order valence-corrected chi connectivity index (χ4v) is 2.69. The minimum atomic E-state index is -1.03. The maximum Gasteiger partial charge on any atom is 0.323 e. The van der Waals surface area contributed by atoms with Gasteiger partial charge in [-0.1, -0.05) is 19.3 Å². The van der Waals surface area contributed by atoms with Crippen LogP contribution in [0.2, 0.25) is 0 Å². The van der Waals surface area contributed by atoms with Gasteiger partial charge in [-0.3, -0.25) is 14.5 Å². The van der Waals surface area contributed by atoms with Gasteiger partial charge in [0.25, 0.3) is 0 Å². The van der Waals surface area contributed by atoms with Gasteiger partial charge < -0.3 is 10.0 Å². The summed E-state index contributed by atoms with van der Waals surface area (Å²) < 4.78 is 0. The van der Waals surface area contributed by atoms with Gasteiger partial charge in [0.05, 0.1) is 6.54 Å². The Morgan fingerprint density at radius 1 is 1.20 bits per heavy atom. The van der Waals surface area contributed by atoms with Crippen LogP contribution in [0, 0.1) is 0 Å². The lowest BCUT2D eigenvalue weighted by molar-refractivity contribution is -0.150. The summed E-state index contributed by atoms with van der Waals surface area (Å²) in [6, 6.07) is 0.336. The standard InChI is InChI=1S/C15H28N2O3/c1-5-17(12-9-7-6-8-10-12)13(18)11-16(4)15(2,3)14(19)20/h12H,5-11H2,1-4H3,(H,19,20). The quantitative estimate of drug-likeness (QED) is 0.810. The molecule has 0 saturated heterocycles. The molecule has 0 spiro atoms. The summed E-state index contributed by atoms with van der Waals surface area (Å²) in [5.74, 6) is -0.871. The lowest BCUT2D eigenvalue weighted by Crippen LogP contribution is -2.53. The van der Waals surface area contributed by atoms with E-state index in [-0.39, 0.29) is 12.5 Å². The molecule has 0 aromatic heterocycles. The first-order valence-corrected chi connectivity index (χ1v) is 7.54. The monoisotopic (exact) mass is 284 g/mol. The second kappa shape index (κ2) is 7.07. The van der Waals surface area contributed by atoms with E-state index in [4.69, 9.17) is 0 Å². The number of amides is 1. The maximum absolute atomic E-state index is 12.4. The van der Waals surface area contributed by atoms with E-state index in [1.807, 2.05) is 11.8 Å². The van der Waals surface area contributed by atoms with E-state index in [1.165, 1.54) is 19.3 Å². The van der Waals surface area contributed by atoms with Gasteiger partial charge in [0.1, 0.15) is 5.54 Å². The van der Waals surface area contributed by atoms with Crippen LogP contribution < -0.4 is 0 Å². The Labute approximate surface area is 121 Å². The van der Waals surface area contributed by atoms with Gasteiger partial charge in [-0.05, 0) is 40.7 Å². The van der Waals surface area contributed by atoms with Crippen molar-refractivity contribution in [3.8, 4) is 0 Å². The molecule has 0 heterocycles. The highest BCUT2D eigenvalue weighted by molar-refractivity contribution is 5.81. The molecule has 0 unspecified atom stereocenters. The van der Waals surface area contributed by atoms with Crippen molar-refractivity contribution in [3.05, 3.63) is 0 Å². The maximum atomic E-state index is 12.4. The molecule has 1 aliphatic carbocycles. The fourth-order valence-electron chi connectivity index (χ4n) is 2.69. The minimum Gasteiger partial charge on any atom is -0.480 e. The average Bonchev–Trinajstić information content (AvgIpc) is 2.40. The van der Waals surface area contributed by atoms with Crippen LogP contribution in [0.15, 0.2) is 0 Å². The van der Waals surface area contributed by atoms with Gasteiger partial charge >= 0.3 is 5.97 Å². The number of carboxylic acids is 1. The van der Waals surface area contributed by atoms with Crippen molar-refractivity contribution in [2.75, 3.05) is 20.1 Å². The molecule has 0 atom stereocenters. The first kappa shape index (κ1) is 17.0. The molecule has 1 rings (SSSR count). The highest BCUT2D eigenvalue weighted by atomic mass is 16.4. The lowest BCUT2D eigenvalue weighted by atomic mass is 9.94. The van der Waals surface area contributed by atoms with E-state index in [2.05, 4.69) is 0 Å². The Morgan fingerprint density at radius 2 is 1.75 bits per heavy atom. The molecule has 0 aliphatic heterocycles. The van der Waals surface area contributed by atoms with E-state index in [0.29, 0.717) is 12.6 Å². The van der Waals surface area contributed by atoms with E-state index < -0.39 is 11.5 Å². The Balaban J connectivity index is 2.65. The predicted octanol–water partition coefficient (Wildman–Crippen LogP) is 1.96. The highest BCUT2D eigenvalue weighted by Gasteiger charge is 2.34. The average molecular weight is 284 g/mol. The van der Waals surface area contributed by atoms with Crippen molar-refractivity contribution < 1.29 is 14.7 Å². The van der Waals surface area contributed by atoms with Gasteiger partial charge in [0, 0.05) is 12.6 Å². The van der Waals surface area contributed by atoms with Gasteiger partial charge in [-0.25, -0.2) is 0 Å². The van der Waals surface area contributed by atoms with Crippen LogP contribution in [0.4, 0.5) is 0 Å². The largest absolute Gasteiger partial charge is 0.480 e. The number of hydrogen-bond donors (Lipinski definition) is 1. The third kappa shape index (κ3) is 3.95. The molecule has 0 bridgehead atoms. The molecular formula is C15H28N2O3. The van der Waals surface area contributed by atoms with Crippen LogP contribution >= 0.6 is 0 Å². The summed E-state index contributed by atoms with van der Waals surface area (Å²) in [6.07, 6.45) is 5.78. The zero-order valence-electron chi connectivity index (χ0n) is 13.2. The summed E-state index contributed by atoms with van der Waals surface area (Å²) in [5.41, 5.74) is -1.03. The smallest absolute Gasteiger partial charge is 0.323 e. The summed E-state index contributed by atoms with van der Waals surface area (Å²) in [4.78, 5) is 27.2. The predicted molar refractivity (Wildman–Crippen MR) is 78.6 cm³/mol. The highest BCUT2D eigenvalue weighted by Crippen LogP contribution is 2.23. The molecule has 0 radical (unpaired) electrons. The number of carbonyl (C=O) groups is 2. The minimum absolute atomic E-state index is 0.0382. The second-order valence-corrected chi connectivity index (χ2v) is 6.19. The van der Waals surface area contributed by atoms with Crippen LogP contribution in [0.3, 0.4) is 0 Å². The summed E-state index contributed by atoms with van der Waals surface area (Å²) in [7, 11) is 1.70. The number of hydrogen-bond acceptors (Lipinski definition) is 3. The third-order valence-electron chi connectivity index (χ3n) is 4.53. The number of aliphatic carboxylic acids is 1. The zero-order valence-corrected chi connectivity index (χ0v) is 13.2. The van der Waals surface area contributed by atoms with Crippen LogP contribution in [-0.4, -0.2) is 58.5 Å². The van der Waals surface area contributed by atoms with Crippen LogP contribution in [-0.2, 0) is 9.59 Å². The molecule has 5 nitrogen and oxygen atoms in total. The van der Waals surface area contributed by atoms with E-state index in [1.54, 1.807) is 25.8 Å². The topological polar surface area (TPSA) is 60.9 Å². The zero-order chi connectivity index (χ0) is 15.3. The molecule has 1 N–H and O–H groups in total. The summed E-state index contributed by atoms with van der Waals surface area (Å²) >= 11 is 0. The number of nitrogens with zero attached hydrogens (tertiary/aromatic N) is 2. The first-order chi connectivity index (χ1) is 9.30. The normalized spacial score (nSPS) is 17.2. The van der Waals surface area contributed by atoms with Gasteiger partial charge in [0.15, 0.2) is 0 Å². The van der Waals surface area contributed by atoms with E-state index >= 15 is 0 Å². The van der Waals surface area contributed by atoms with Crippen molar-refractivity contribution in [1.29, 1.82) is 0 Å². The Bertz CT molecular complexity index is 349.